The first kappa shape index (κ1) is 9.73. The fraction of sp³-hybridized carbons (Fsp3) is 0.182. The molecule has 1 atom stereocenters. The van der Waals surface area contributed by atoms with E-state index in [1.807, 2.05) is 0 Å². The molecule has 4 nitrogen and oxygen atoms in total. The van der Waals surface area contributed by atoms with E-state index in [-0.39, 0.29) is 16.9 Å². The van der Waals surface area contributed by atoms with E-state index in [4.69, 9.17) is 4.42 Å². The molecule has 0 spiro atoms. The first-order chi connectivity index (χ1) is 7.09. The molecule has 2 N–H and O–H groups in total. The lowest BCUT2D eigenvalue weighted by atomic mass is 10.1. The Balaban J connectivity index is 2.90. The van der Waals surface area contributed by atoms with Gasteiger partial charge in [-0.15, -0.1) is 0 Å². The van der Waals surface area contributed by atoms with Gasteiger partial charge in [-0.05, 0) is 25.1 Å². The molecule has 0 unspecified atom stereocenters. The molecule has 0 aliphatic heterocycles. The Labute approximate surface area is 85.4 Å². The minimum absolute atomic E-state index is 0.0770. The van der Waals surface area contributed by atoms with Crippen LogP contribution in [0, 0.1) is 0 Å². The van der Waals surface area contributed by atoms with Crippen LogP contribution in [-0.2, 0) is 0 Å². The maximum Gasteiger partial charge on any atom is 0.336 e. The van der Waals surface area contributed by atoms with Crippen molar-refractivity contribution in [3.05, 3.63) is 40.2 Å². The van der Waals surface area contributed by atoms with Gasteiger partial charge in [0.15, 0.2) is 0 Å². The third kappa shape index (κ3) is 1.59. The minimum Gasteiger partial charge on any atom is -0.507 e. The zero-order valence-corrected chi connectivity index (χ0v) is 8.10. The second-order valence-corrected chi connectivity index (χ2v) is 3.35. The third-order valence-electron chi connectivity index (χ3n) is 2.22. The number of hydrogen-bond donors (Lipinski definition) is 2. The van der Waals surface area contributed by atoms with Crippen molar-refractivity contribution < 1.29 is 14.6 Å². The maximum atomic E-state index is 11.0. The Morgan fingerprint density at radius 2 is 1.93 bits per heavy atom. The molecule has 0 amide bonds. The Kier molecular flexibility index (Phi) is 2.21. The Hall–Kier alpha value is -1.81. The van der Waals surface area contributed by atoms with Crippen LogP contribution >= 0.6 is 0 Å². The summed E-state index contributed by atoms with van der Waals surface area (Å²) in [6.07, 6.45) is -0.890. The third-order valence-corrected chi connectivity index (χ3v) is 2.22. The van der Waals surface area contributed by atoms with Crippen LogP contribution in [0.2, 0.25) is 0 Å². The van der Waals surface area contributed by atoms with Gasteiger partial charge in [-0.3, -0.25) is 0 Å². The molecule has 0 fully saturated rings. The smallest absolute Gasteiger partial charge is 0.336 e. The molecule has 1 aromatic heterocycles. The van der Waals surface area contributed by atoms with Crippen molar-refractivity contribution in [1.82, 2.24) is 0 Å². The average Bonchev–Trinajstić information content (AvgIpc) is 2.16. The zero-order chi connectivity index (χ0) is 11.0. The van der Waals surface area contributed by atoms with E-state index in [1.54, 1.807) is 12.1 Å². The summed E-state index contributed by atoms with van der Waals surface area (Å²) < 4.78 is 4.96. The number of phenolic OH excluding ortho intramolecular Hbond substituents is 1. The van der Waals surface area contributed by atoms with E-state index < -0.39 is 11.7 Å². The summed E-state index contributed by atoms with van der Waals surface area (Å²) >= 11 is 0. The molecule has 0 saturated carbocycles. The van der Waals surface area contributed by atoms with Crippen LogP contribution in [-0.4, -0.2) is 10.2 Å². The van der Waals surface area contributed by atoms with Gasteiger partial charge in [-0.25, -0.2) is 4.79 Å². The number of aromatic hydroxyl groups is 1. The first-order valence-corrected chi connectivity index (χ1v) is 4.53. The van der Waals surface area contributed by atoms with Gasteiger partial charge in [0, 0.05) is 11.5 Å². The SMILES string of the molecule is C[C@@H](O)c1c(O)ccc2ccc(=O)oc12. The number of rotatable bonds is 1. The molecule has 0 bridgehead atoms. The summed E-state index contributed by atoms with van der Waals surface area (Å²) in [5.74, 6) is -0.0770. The van der Waals surface area contributed by atoms with Crippen LogP contribution in [0.15, 0.2) is 33.5 Å². The second-order valence-electron chi connectivity index (χ2n) is 3.35. The van der Waals surface area contributed by atoms with Crippen LogP contribution in [0.5, 0.6) is 5.75 Å². The molecule has 4 heteroatoms. The van der Waals surface area contributed by atoms with Crippen LogP contribution in [0.1, 0.15) is 18.6 Å². The molecule has 0 radical (unpaired) electrons. The normalized spacial score (nSPS) is 12.9. The standard InChI is InChI=1S/C11H10O4/c1-6(12)10-8(13)4-2-7-3-5-9(14)15-11(7)10/h2-6,12-13H,1H3/t6-/m1/s1. The van der Waals surface area contributed by atoms with Crippen molar-refractivity contribution in [2.45, 2.75) is 13.0 Å². The lowest BCUT2D eigenvalue weighted by Gasteiger charge is -2.09. The highest BCUT2D eigenvalue weighted by molar-refractivity contribution is 5.82. The summed E-state index contributed by atoms with van der Waals surface area (Å²) in [7, 11) is 0. The monoisotopic (exact) mass is 206 g/mol. The van der Waals surface area contributed by atoms with Gasteiger partial charge in [0.2, 0.25) is 0 Å². The van der Waals surface area contributed by atoms with E-state index in [2.05, 4.69) is 0 Å². The molecule has 0 aliphatic rings. The molecular formula is C11H10O4. The van der Waals surface area contributed by atoms with Crippen molar-refractivity contribution in [3.63, 3.8) is 0 Å². The number of fused-ring (bicyclic) bond motifs is 1. The minimum atomic E-state index is -0.890. The quantitative estimate of drug-likeness (QED) is 0.694. The predicted molar refractivity (Wildman–Crippen MR) is 54.8 cm³/mol. The number of hydrogen-bond acceptors (Lipinski definition) is 4. The van der Waals surface area contributed by atoms with Crippen LogP contribution in [0.25, 0.3) is 11.0 Å². The van der Waals surface area contributed by atoms with Crippen LogP contribution in [0.3, 0.4) is 0 Å². The largest absolute Gasteiger partial charge is 0.507 e. The number of aliphatic hydroxyl groups is 1. The molecule has 2 aromatic rings. The van der Waals surface area contributed by atoms with Gasteiger partial charge in [0.1, 0.15) is 11.3 Å². The molecule has 1 heterocycles. The molecular weight excluding hydrogens is 196 g/mol. The molecule has 0 aliphatic carbocycles. The van der Waals surface area contributed by atoms with Gasteiger partial charge in [0.05, 0.1) is 11.7 Å². The van der Waals surface area contributed by atoms with E-state index in [0.29, 0.717) is 5.39 Å². The second kappa shape index (κ2) is 3.40. The molecule has 0 saturated heterocycles. The summed E-state index contributed by atoms with van der Waals surface area (Å²) in [5.41, 5.74) is -0.0299. The molecule has 78 valence electrons. The van der Waals surface area contributed by atoms with E-state index in [0.717, 1.165) is 0 Å². The summed E-state index contributed by atoms with van der Waals surface area (Å²) in [5, 5.41) is 19.7. The van der Waals surface area contributed by atoms with Gasteiger partial charge >= 0.3 is 5.63 Å². The molecule has 15 heavy (non-hydrogen) atoms. The van der Waals surface area contributed by atoms with Crippen molar-refractivity contribution in [1.29, 1.82) is 0 Å². The predicted octanol–water partition coefficient (Wildman–Crippen LogP) is 1.55. The Morgan fingerprint density at radius 3 is 2.60 bits per heavy atom. The fourth-order valence-electron chi connectivity index (χ4n) is 1.55. The van der Waals surface area contributed by atoms with Gasteiger partial charge in [0.25, 0.3) is 0 Å². The van der Waals surface area contributed by atoms with Gasteiger partial charge in [-0.2, -0.15) is 0 Å². The highest BCUT2D eigenvalue weighted by Gasteiger charge is 2.14. The van der Waals surface area contributed by atoms with Crippen molar-refractivity contribution in [3.8, 4) is 5.75 Å². The topological polar surface area (TPSA) is 70.7 Å². The first-order valence-electron chi connectivity index (χ1n) is 4.53. The number of phenols is 1. The summed E-state index contributed by atoms with van der Waals surface area (Å²) in [4.78, 5) is 11.0. The van der Waals surface area contributed by atoms with E-state index in [9.17, 15) is 15.0 Å². The van der Waals surface area contributed by atoms with Gasteiger partial charge < -0.3 is 14.6 Å². The van der Waals surface area contributed by atoms with Crippen LogP contribution < -0.4 is 5.63 Å². The number of benzene rings is 1. The average molecular weight is 206 g/mol. The lowest BCUT2D eigenvalue weighted by Crippen LogP contribution is -1.99. The maximum absolute atomic E-state index is 11.0. The van der Waals surface area contributed by atoms with Crippen LogP contribution in [0.4, 0.5) is 0 Å². The molecule has 2 rings (SSSR count). The van der Waals surface area contributed by atoms with E-state index >= 15 is 0 Å². The van der Waals surface area contributed by atoms with Crippen molar-refractivity contribution in [2.24, 2.45) is 0 Å². The van der Waals surface area contributed by atoms with E-state index in [1.165, 1.54) is 19.1 Å². The van der Waals surface area contributed by atoms with Crippen molar-refractivity contribution >= 4 is 11.0 Å². The van der Waals surface area contributed by atoms with Crippen molar-refractivity contribution in [2.75, 3.05) is 0 Å². The fourth-order valence-corrected chi connectivity index (χ4v) is 1.55. The lowest BCUT2D eigenvalue weighted by molar-refractivity contribution is 0.195. The number of aliphatic hydroxyl groups excluding tert-OH is 1. The molecule has 1 aromatic carbocycles. The van der Waals surface area contributed by atoms with Gasteiger partial charge in [-0.1, -0.05) is 0 Å². The zero-order valence-electron chi connectivity index (χ0n) is 8.10. The summed E-state index contributed by atoms with van der Waals surface area (Å²) in [6, 6.07) is 5.97. The summed E-state index contributed by atoms with van der Waals surface area (Å²) in [6.45, 7) is 1.50. The highest BCUT2D eigenvalue weighted by Crippen LogP contribution is 2.31. The highest BCUT2D eigenvalue weighted by atomic mass is 16.4. The Morgan fingerprint density at radius 1 is 1.27 bits per heavy atom. The Bertz CT molecular complexity index is 554.